The van der Waals surface area contributed by atoms with E-state index >= 15 is 0 Å². The number of rotatable bonds is 1. The van der Waals surface area contributed by atoms with Gasteiger partial charge in [0.25, 0.3) is 5.91 Å². The van der Waals surface area contributed by atoms with E-state index in [2.05, 4.69) is 16.5 Å². The number of ether oxygens (including phenoxy) is 1. The zero-order valence-electron chi connectivity index (χ0n) is 9.82. The molecule has 0 spiro atoms. The van der Waals surface area contributed by atoms with Gasteiger partial charge in [0.15, 0.2) is 0 Å². The molecular formula is C12H15N3O2. The first kappa shape index (κ1) is 10.5. The summed E-state index contributed by atoms with van der Waals surface area (Å²) in [6, 6.07) is 0. The highest BCUT2D eigenvalue weighted by molar-refractivity contribution is 5.98. The quantitative estimate of drug-likeness (QED) is 0.778. The lowest BCUT2D eigenvalue weighted by molar-refractivity contribution is 0.0924. The van der Waals surface area contributed by atoms with Gasteiger partial charge >= 0.3 is 0 Å². The normalized spacial score (nSPS) is 19.6. The number of hydrogen-bond acceptors (Lipinski definition) is 3. The van der Waals surface area contributed by atoms with Crippen molar-refractivity contribution < 1.29 is 9.53 Å². The maximum atomic E-state index is 11.9. The zero-order valence-corrected chi connectivity index (χ0v) is 9.82. The Hall–Kier alpha value is -1.62. The minimum atomic E-state index is -0.0146. The Balaban J connectivity index is 2.12. The van der Waals surface area contributed by atoms with Crippen LogP contribution in [-0.4, -0.2) is 35.4 Å². The lowest BCUT2D eigenvalue weighted by atomic mass is 9.98. The van der Waals surface area contributed by atoms with Crippen molar-refractivity contribution in [1.29, 1.82) is 0 Å². The summed E-state index contributed by atoms with van der Waals surface area (Å²) in [5.41, 5.74) is 3.84. The molecule has 0 atom stereocenters. The summed E-state index contributed by atoms with van der Waals surface area (Å²) in [6.07, 6.45) is 2.91. The number of hydrogen-bond donors (Lipinski definition) is 1. The largest absolute Gasteiger partial charge is 0.377 e. The second-order valence-corrected chi connectivity index (χ2v) is 4.34. The molecule has 0 saturated heterocycles. The first-order valence-electron chi connectivity index (χ1n) is 5.90. The van der Waals surface area contributed by atoms with Crippen LogP contribution in [0.1, 0.15) is 28.2 Å². The van der Waals surface area contributed by atoms with E-state index in [4.69, 9.17) is 4.74 Å². The van der Waals surface area contributed by atoms with Gasteiger partial charge < -0.3 is 10.1 Å². The van der Waals surface area contributed by atoms with Crippen LogP contribution in [0.3, 0.4) is 0 Å². The van der Waals surface area contributed by atoms with Crippen LogP contribution in [0.4, 0.5) is 0 Å². The Morgan fingerprint density at radius 1 is 1.53 bits per heavy atom. The van der Waals surface area contributed by atoms with Crippen LogP contribution in [0.15, 0.2) is 6.08 Å². The van der Waals surface area contributed by atoms with Crippen LogP contribution in [-0.2, 0) is 11.3 Å². The first-order valence-corrected chi connectivity index (χ1v) is 5.90. The number of carbonyl (C=O) groups excluding carboxylic acids is 1. The molecule has 5 heteroatoms. The SMILES string of the molecule is Cc1nn2c(c1C1=CCOCC1)C(=O)NCC2. The molecule has 0 bridgehead atoms. The molecule has 2 aliphatic rings. The van der Waals surface area contributed by atoms with E-state index in [0.29, 0.717) is 18.8 Å². The summed E-state index contributed by atoms with van der Waals surface area (Å²) < 4.78 is 7.12. The van der Waals surface area contributed by atoms with Gasteiger partial charge in [-0.15, -0.1) is 0 Å². The van der Waals surface area contributed by atoms with Gasteiger partial charge in [0.1, 0.15) is 5.69 Å². The smallest absolute Gasteiger partial charge is 0.270 e. The fourth-order valence-corrected chi connectivity index (χ4v) is 2.47. The molecule has 1 aromatic rings. The van der Waals surface area contributed by atoms with Crippen molar-refractivity contribution in [1.82, 2.24) is 15.1 Å². The van der Waals surface area contributed by atoms with Crippen molar-refractivity contribution in [2.75, 3.05) is 19.8 Å². The monoisotopic (exact) mass is 233 g/mol. The van der Waals surface area contributed by atoms with Crippen LogP contribution < -0.4 is 5.32 Å². The van der Waals surface area contributed by atoms with Crippen LogP contribution >= 0.6 is 0 Å². The van der Waals surface area contributed by atoms with Gasteiger partial charge in [-0.2, -0.15) is 5.10 Å². The van der Waals surface area contributed by atoms with Gasteiger partial charge in [-0.1, -0.05) is 6.08 Å². The van der Waals surface area contributed by atoms with E-state index in [1.165, 1.54) is 5.57 Å². The number of nitrogens with zero attached hydrogens (tertiary/aromatic N) is 2. The minimum Gasteiger partial charge on any atom is -0.377 e. The first-order chi connectivity index (χ1) is 8.27. The second-order valence-electron chi connectivity index (χ2n) is 4.34. The Kier molecular flexibility index (Phi) is 2.48. The highest BCUT2D eigenvalue weighted by atomic mass is 16.5. The van der Waals surface area contributed by atoms with E-state index in [-0.39, 0.29) is 5.91 Å². The minimum absolute atomic E-state index is 0.0146. The van der Waals surface area contributed by atoms with Crippen LogP contribution in [0.25, 0.3) is 5.57 Å². The molecule has 0 saturated carbocycles. The van der Waals surface area contributed by atoms with E-state index in [1.807, 2.05) is 11.6 Å². The Morgan fingerprint density at radius 3 is 3.18 bits per heavy atom. The van der Waals surface area contributed by atoms with E-state index in [0.717, 1.165) is 30.8 Å². The fraction of sp³-hybridized carbons (Fsp3) is 0.500. The molecular weight excluding hydrogens is 218 g/mol. The molecule has 0 radical (unpaired) electrons. The van der Waals surface area contributed by atoms with Crippen molar-refractivity contribution in [3.63, 3.8) is 0 Å². The number of nitrogens with one attached hydrogen (secondary N) is 1. The highest BCUT2D eigenvalue weighted by Crippen LogP contribution is 2.28. The van der Waals surface area contributed by atoms with E-state index < -0.39 is 0 Å². The molecule has 2 aliphatic heterocycles. The molecule has 0 aliphatic carbocycles. The number of aromatic nitrogens is 2. The van der Waals surface area contributed by atoms with Gasteiger partial charge in [0, 0.05) is 12.1 Å². The molecule has 0 fully saturated rings. The third-order valence-corrected chi connectivity index (χ3v) is 3.24. The lowest BCUT2D eigenvalue weighted by Crippen LogP contribution is -2.36. The number of fused-ring (bicyclic) bond motifs is 1. The predicted octanol–water partition coefficient (Wildman–Crippen LogP) is 0.739. The average molecular weight is 233 g/mol. The topological polar surface area (TPSA) is 56.2 Å². The van der Waals surface area contributed by atoms with Crippen LogP contribution in [0, 0.1) is 6.92 Å². The summed E-state index contributed by atoms with van der Waals surface area (Å²) in [5, 5.41) is 7.32. The standard InChI is InChI=1S/C12H15N3O2/c1-8-10(9-2-6-17-7-3-9)11-12(16)13-4-5-15(11)14-8/h2H,3-7H2,1H3,(H,13,16). The number of aryl methyl sites for hydroxylation is 1. The molecule has 0 unspecified atom stereocenters. The summed E-state index contributed by atoms with van der Waals surface area (Å²) in [7, 11) is 0. The summed E-state index contributed by atoms with van der Waals surface area (Å²) >= 11 is 0. The molecule has 0 aromatic carbocycles. The van der Waals surface area contributed by atoms with Gasteiger partial charge in [0.05, 0.1) is 25.5 Å². The molecule has 1 aromatic heterocycles. The maximum Gasteiger partial charge on any atom is 0.270 e. The van der Waals surface area contributed by atoms with E-state index in [9.17, 15) is 4.79 Å². The fourth-order valence-electron chi connectivity index (χ4n) is 2.47. The summed E-state index contributed by atoms with van der Waals surface area (Å²) in [5.74, 6) is -0.0146. The summed E-state index contributed by atoms with van der Waals surface area (Å²) in [6.45, 7) is 4.73. The van der Waals surface area contributed by atoms with Crippen molar-refractivity contribution >= 4 is 11.5 Å². The van der Waals surface area contributed by atoms with Gasteiger partial charge in [-0.3, -0.25) is 9.48 Å². The molecule has 17 heavy (non-hydrogen) atoms. The number of carbonyl (C=O) groups is 1. The summed E-state index contributed by atoms with van der Waals surface area (Å²) in [4.78, 5) is 11.9. The van der Waals surface area contributed by atoms with Crippen molar-refractivity contribution in [3.05, 3.63) is 23.0 Å². The Bertz CT molecular complexity index is 502. The molecule has 90 valence electrons. The molecule has 1 N–H and O–H groups in total. The van der Waals surface area contributed by atoms with Crippen LogP contribution in [0.5, 0.6) is 0 Å². The van der Waals surface area contributed by atoms with Crippen molar-refractivity contribution in [3.8, 4) is 0 Å². The molecule has 1 amide bonds. The lowest BCUT2D eigenvalue weighted by Gasteiger charge is -2.18. The molecule has 5 nitrogen and oxygen atoms in total. The molecule has 3 heterocycles. The Labute approximate surface area is 99.4 Å². The van der Waals surface area contributed by atoms with Gasteiger partial charge in [-0.05, 0) is 18.9 Å². The van der Waals surface area contributed by atoms with Crippen molar-refractivity contribution in [2.24, 2.45) is 0 Å². The maximum absolute atomic E-state index is 11.9. The van der Waals surface area contributed by atoms with E-state index in [1.54, 1.807) is 0 Å². The third kappa shape index (κ3) is 1.67. The Morgan fingerprint density at radius 2 is 2.41 bits per heavy atom. The van der Waals surface area contributed by atoms with Gasteiger partial charge in [-0.25, -0.2) is 0 Å². The molecule has 3 rings (SSSR count). The van der Waals surface area contributed by atoms with Crippen molar-refractivity contribution in [2.45, 2.75) is 19.9 Å². The zero-order chi connectivity index (χ0) is 11.8. The number of amides is 1. The average Bonchev–Trinajstić information content (AvgIpc) is 2.68. The predicted molar refractivity (Wildman–Crippen MR) is 62.7 cm³/mol. The van der Waals surface area contributed by atoms with Crippen LogP contribution in [0.2, 0.25) is 0 Å². The highest BCUT2D eigenvalue weighted by Gasteiger charge is 2.26. The third-order valence-electron chi connectivity index (χ3n) is 3.24. The van der Waals surface area contributed by atoms with Gasteiger partial charge in [0.2, 0.25) is 0 Å². The second kappa shape index (κ2) is 4.00.